The van der Waals surface area contributed by atoms with Gasteiger partial charge in [0.25, 0.3) is 0 Å². The Labute approximate surface area is 149 Å². The third-order valence-corrected chi connectivity index (χ3v) is 3.78. The molecule has 1 N–H and O–H groups in total. The molecule has 3 rings (SSSR count). The third-order valence-electron chi connectivity index (χ3n) is 3.78. The fraction of sp³-hybridized carbons (Fsp3) is 0.235. The second kappa shape index (κ2) is 7.60. The van der Waals surface area contributed by atoms with E-state index in [0.29, 0.717) is 18.1 Å². The highest BCUT2D eigenvalue weighted by Crippen LogP contribution is 2.15. The van der Waals surface area contributed by atoms with E-state index in [4.69, 9.17) is 0 Å². The van der Waals surface area contributed by atoms with Crippen molar-refractivity contribution in [2.24, 2.45) is 0 Å². The highest BCUT2D eigenvalue weighted by molar-refractivity contribution is 5.89. The number of carbonyl (C=O) groups excluding carboxylic acids is 1. The molecule has 0 aliphatic heterocycles. The molecule has 0 bridgehead atoms. The van der Waals surface area contributed by atoms with Gasteiger partial charge in [0.2, 0.25) is 5.91 Å². The predicted molar refractivity (Wildman–Crippen MR) is 94.6 cm³/mol. The Balaban J connectivity index is 1.52. The maximum atomic E-state index is 12.0. The van der Waals surface area contributed by atoms with Crippen LogP contribution in [0.5, 0.6) is 0 Å². The number of aryl methyl sites for hydroxylation is 2. The molecule has 0 aliphatic rings. The van der Waals surface area contributed by atoms with Crippen LogP contribution >= 0.6 is 0 Å². The molecule has 2 heterocycles. The summed E-state index contributed by atoms with van der Waals surface area (Å²) in [5, 5.41) is 21.9. The molecule has 3 aromatic rings. The Hall–Kier alpha value is -3.49. The molecule has 1 amide bonds. The summed E-state index contributed by atoms with van der Waals surface area (Å²) in [7, 11) is 0. The predicted octanol–water partition coefficient (Wildman–Crippen LogP) is 2.37. The Morgan fingerprint density at radius 3 is 2.65 bits per heavy atom. The third kappa shape index (κ3) is 4.32. The normalized spacial score (nSPS) is 10.7. The van der Waals surface area contributed by atoms with Crippen molar-refractivity contribution in [2.45, 2.75) is 26.4 Å². The van der Waals surface area contributed by atoms with E-state index in [-0.39, 0.29) is 24.6 Å². The number of hydrogen-bond donors (Lipinski definition) is 1. The zero-order valence-corrected chi connectivity index (χ0v) is 14.2. The molecular weight excluding hydrogens is 336 g/mol. The van der Waals surface area contributed by atoms with Crippen molar-refractivity contribution in [3.05, 3.63) is 70.2 Å². The van der Waals surface area contributed by atoms with Gasteiger partial charge >= 0.3 is 5.69 Å². The number of aromatic nitrogens is 4. The molecule has 26 heavy (non-hydrogen) atoms. The summed E-state index contributed by atoms with van der Waals surface area (Å²) in [5.41, 5.74) is 1.39. The van der Waals surface area contributed by atoms with Gasteiger partial charge in [0.05, 0.1) is 11.5 Å². The van der Waals surface area contributed by atoms with Crippen molar-refractivity contribution in [1.82, 2.24) is 19.6 Å². The van der Waals surface area contributed by atoms with Crippen LogP contribution in [0.3, 0.4) is 0 Å². The van der Waals surface area contributed by atoms with E-state index in [1.54, 1.807) is 23.9 Å². The van der Waals surface area contributed by atoms with Crippen LogP contribution < -0.4 is 5.32 Å². The van der Waals surface area contributed by atoms with Gasteiger partial charge in [-0.2, -0.15) is 10.2 Å². The number of nitro groups is 1. The molecule has 0 saturated heterocycles. The van der Waals surface area contributed by atoms with Gasteiger partial charge in [-0.25, -0.2) is 0 Å². The molecule has 0 fully saturated rings. The van der Waals surface area contributed by atoms with Crippen LogP contribution in [0.2, 0.25) is 0 Å². The zero-order valence-electron chi connectivity index (χ0n) is 14.2. The van der Waals surface area contributed by atoms with Crippen LogP contribution in [-0.2, 0) is 17.9 Å². The molecule has 134 valence electrons. The van der Waals surface area contributed by atoms with Crippen molar-refractivity contribution in [1.29, 1.82) is 0 Å². The number of nitrogens with zero attached hydrogens (tertiary/aromatic N) is 5. The first kappa shape index (κ1) is 17.3. The fourth-order valence-electron chi connectivity index (χ4n) is 2.51. The Morgan fingerprint density at radius 1 is 1.19 bits per heavy atom. The minimum absolute atomic E-state index is 0.0509. The molecule has 9 nitrogen and oxygen atoms in total. The molecule has 0 aliphatic carbocycles. The van der Waals surface area contributed by atoms with E-state index in [1.165, 1.54) is 10.9 Å². The highest BCUT2D eigenvalue weighted by Gasteiger charge is 2.15. The molecule has 0 unspecified atom stereocenters. The molecule has 0 spiro atoms. The first-order valence-corrected chi connectivity index (χ1v) is 8.07. The van der Waals surface area contributed by atoms with E-state index >= 15 is 0 Å². The molecule has 0 radical (unpaired) electrons. The van der Waals surface area contributed by atoms with Gasteiger partial charge < -0.3 is 5.32 Å². The summed E-state index contributed by atoms with van der Waals surface area (Å²) >= 11 is 0. The van der Waals surface area contributed by atoms with Crippen molar-refractivity contribution < 1.29 is 9.72 Å². The molecule has 2 aromatic heterocycles. The Kier molecular flexibility index (Phi) is 5.07. The SMILES string of the molecule is Cc1nn(CCC(=O)Nc2ccn(Cc3ccccc3)n2)cc1[N+](=O)[O-]. The van der Waals surface area contributed by atoms with Gasteiger partial charge in [-0.05, 0) is 12.5 Å². The van der Waals surface area contributed by atoms with E-state index in [9.17, 15) is 14.9 Å². The summed E-state index contributed by atoms with van der Waals surface area (Å²) in [4.78, 5) is 22.4. The summed E-state index contributed by atoms with van der Waals surface area (Å²) in [6, 6.07) is 11.6. The number of hydrogen-bond acceptors (Lipinski definition) is 5. The largest absolute Gasteiger partial charge is 0.309 e. The van der Waals surface area contributed by atoms with Gasteiger partial charge in [-0.15, -0.1) is 0 Å². The monoisotopic (exact) mass is 354 g/mol. The minimum Gasteiger partial charge on any atom is -0.309 e. The molecule has 1 aromatic carbocycles. The maximum Gasteiger partial charge on any atom is 0.309 e. The van der Waals surface area contributed by atoms with Gasteiger partial charge in [-0.3, -0.25) is 24.3 Å². The van der Waals surface area contributed by atoms with Crippen molar-refractivity contribution in [2.75, 3.05) is 5.32 Å². The van der Waals surface area contributed by atoms with Crippen LogP contribution in [0.25, 0.3) is 0 Å². The minimum atomic E-state index is -0.488. The van der Waals surface area contributed by atoms with E-state index in [2.05, 4.69) is 15.5 Å². The maximum absolute atomic E-state index is 12.0. The fourth-order valence-corrected chi connectivity index (χ4v) is 2.51. The van der Waals surface area contributed by atoms with Crippen molar-refractivity contribution >= 4 is 17.4 Å². The zero-order chi connectivity index (χ0) is 18.5. The van der Waals surface area contributed by atoms with Crippen LogP contribution in [0.1, 0.15) is 17.7 Å². The summed E-state index contributed by atoms with van der Waals surface area (Å²) in [6.07, 6.45) is 3.27. The Morgan fingerprint density at radius 2 is 1.96 bits per heavy atom. The van der Waals surface area contributed by atoms with E-state index < -0.39 is 4.92 Å². The number of rotatable bonds is 7. The lowest BCUT2D eigenvalue weighted by atomic mass is 10.2. The quantitative estimate of drug-likeness (QED) is 0.518. The lowest BCUT2D eigenvalue weighted by Crippen LogP contribution is -2.15. The van der Waals surface area contributed by atoms with E-state index in [1.807, 2.05) is 30.3 Å². The van der Waals surface area contributed by atoms with Crippen molar-refractivity contribution in [3.8, 4) is 0 Å². The highest BCUT2D eigenvalue weighted by atomic mass is 16.6. The van der Waals surface area contributed by atoms with Gasteiger partial charge in [0, 0.05) is 25.2 Å². The second-order valence-corrected chi connectivity index (χ2v) is 5.80. The molecular formula is C17H18N6O3. The van der Waals surface area contributed by atoms with Crippen LogP contribution in [0.4, 0.5) is 11.5 Å². The second-order valence-electron chi connectivity index (χ2n) is 5.80. The first-order valence-electron chi connectivity index (χ1n) is 8.07. The summed E-state index contributed by atoms with van der Waals surface area (Å²) in [5.74, 6) is 0.235. The number of amides is 1. The summed E-state index contributed by atoms with van der Waals surface area (Å²) < 4.78 is 3.15. The molecule has 0 saturated carbocycles. The summed E-state index contributed by atoms with van der Waals surface area (Å²) in [6.45, 7) is 2.44. The van der Waals surface area contributed by atoms with Gasteiger partial charge in [-0.1, -0.05) is 30.3 Å². The first-order chi connectivity index (χ1) is 12.5. The van der Waals surface area contributed by atoms with Crippen molar-refractivity contribution in [3.63, 3.8) is 0 Å². The number of carbonyl (C=O) groups is 1. The van der Waals surface area contributed by atoms with Gasteiger partial charge in [0.1, 0.15) is 11.9 Å². The van der Waals surface area contributed by atoms with Crippen LogP contribution in [0, 0.1) is 17.0 Å². The number of benzene rings is 1. The standard InChI is InChI=1S/C17H18N6O3/c1-13-15(23(25)26)12-22(19-13)10-8-17(24)18-16-7-9-21(20-16)11-14-5-3-2-4-6-14/h2-7,9,12H,8,10-11H2,1H3,(H,18,20,24). The number of anilines is 1. The molecule has 0 atom stereocenters. The van der Waals surface area contributed by atoms with Crippen LogP contribution in [0.15, 0.2) is 48.8 Å². The van der Waals surface area contributed by atoms with Crippen LogP contribution in [-0.4, -0.2) is 30.4 Å². The lowest BCUT2D eigenvalue weighted by Gasteiger charge is -2.03. The van der Waals surface area contributed by atoms with E-state index in [0.717, 1.165) is 5.56 Å². The smallest absolute Gasteiger partial charge is 0.309 e. The number of nitrogens with one attached hydrogen (secondary N) is 1. The Bertz CT molecular complexity index is 916. The average molecular weight is 354 g/mol. The average Bonchev–Trinajstić information content (AvgIpc) is 3.20. The topological polar surface area (TPSA) is 108 Å². The lowest BCUT2D eigenvalue weighted by molar-refractivity contribution is -0.385. The molecule has 9 heteroatoms. The van der Waals surface area contributed by atoms with Gasteiger partial charge in [0.15, 0.2) is 5.82 Å².